The smallest absolute Gasteiger partial charge is 0.291 e. The molecule has 2 amide bonds. The molecular formula is C18H15N5O4. The Kier molecular flexibility index (Phi) is 5.31. The number of hydrogen-bond donors (Lipinski definition) is 2. The fourth-order valence-corrected chi connectivity index (χ4v) is 2.47. The monoisotopic (exact) mass is 365 g/mol. The van der Waals surface area contributed by atoms with Crippen molar-refractivity contribution in [2.75, 3.05) is 0 Å². The van der Waals surface area contributed by atoms with Gasteiger partial charge in [0.2, 0.25) is 11.5 Å². The van der Waals surface area contributed by atoms with Crippen LogP contribution >= 0.6 is 0 Å². The first kappa shape index (κ1) is 17.9. The number of nitrogens with zero attached hydrogens (tertiary/aromatic N) is 3. The van der Waals surface area contributed by atoms with Crippen molar-refractivity contribution < 1.29 is 18.9 Å². The molecule has 3 heterocycles. The van der Waals surface area contributed by atoms with E-state index in [-0.39, 0.29) is 12.2 Å². The molecule has 0 aliphatic carbocycles. The van der Waals surface area contributed by atoms with Crippen LogP contribution in [0.25, 0.3) is 11.3 Å². The summed E-state index contributed by atoms with van der Waals surface area (Å²) in [5.41, 5.74) is 6.65. The SMILES string of the molecule is NC(=O)C(=O)C(Cc1ccncc1)NC(=O)c1oncc1-c1ccccn1. The number of ketones is 1. The van der Waals surface area contributed by atoms with Gasteiger partial charge in [-0.2, -0.15) is 0 Å². The van der Waals surface area contributed by atoms with Crippen molar-refractivity contribution >= 4 is 17.6 Å². The van der Waals surface area contributed by atoms with E-state index >= 15 is 0 Å². The highest BCUT2D eigenvalue weighted by Gasteiger charge is 2.28. The highest BCUT2D eigenvalue weighted by atomic mass is 16.5. The lowest BCUT2D eigenvalue weighted by molar-refractivity contribution is -0.137. The Morgan fingerprint density at radius 3 is 2.56 bits per heavy atom. The number of pyridine rings is 2. The summed E-state index contributed by atoms with van der Waals surface area (Å²) in [5, 5.41) is 6.12. The van der Waals surface area contributed by atoms with Gasteiger partial charge in [-0.1, -0.05) is 11.2 Å². The predicted molar refractivity (Wildman–Crippen MR) is 93.1 cm³/mol. The Balaban J connectivity index is 1.84. The second-order valence-electron chi connectivity index (χ2n) is 5.60. The minimum atomic E-state index is -1.15. The first-order valence-electron chi connectivity index (χ1n) is 7.95. The maximum absolute atomic E-state index is 12.6. The lowest BCUT2D eigenvalue weighted by atomic mass is 10.0. The van der Waals surface area contributed by atoms with Gasteiger partial charge < -0.3 is 15.6 Å². The molecule has 3 aromatic rings. The van der Waals surface area contributed by atoms with E-state index in [2.05, 4.69) is 20.4 Å². The van der Waals surface area contributed by atoms with Crippen LogP contribution in [0.1, 0.15) is 16.1 Å². The van der Waals surface area contributed by atoms with E-state index < -0.39 is 23.6 Å². The molecule has 0 saturated heterocycles. The number of amides is 2. The van der Waals surface area contributed by atoms with Crippen LogP contribution in [0, 0.1) is 0 Å². The molecule has 136 valence electrons. The van der Waals surface area contributed by atoms with Crippen LogP contribution in [0.2, 0.25) is 0 Å². The normalized spacial score (nSPS) is 11.6. The number of primary amides is 1. The van der Waals surface area contributed by atoms with E-state index in [0.717, 1.165) is 0 Å². The maximum atomic E-state index is 12.6. The van der Waals surface area contributed by atoms with E-state index in [9.17, 15) is 14.4 Å². The second kappa shape index (κ2) is 8.00. The van der Waals surface area contributed by atoms with Gasteiger partial charge in [-0.25, -0.2) is 0 Å². The summed E-state index contributed by atoms with van der Waals surface area (Å²) in [7, 11) is 0. The van der Waals surface area contributed by atoms with E-state index in [1.165, 1.54) is 6.20 Å². The first-order chi connectivity index (χ1) is 13.1. The molecule has 0 spiro atoms. The molecule has 0 radical (unpaired) electrons. The molecule has 0 aliphatic heterocycles. The highest BCUT2D eigenvalue weighted by molar-refractivity contribution is 6.38. The van der Waals surface area contributed by atoms with Gasteiger partial charge in [-0.05, 0) is 29.8 Å². The Morgan fingerprint density at radius 2 is 1.89 bits per heavy atom. The molecule has 27 heavy (non-hydrogen) atoms. The number of carbonyl (C=O) groups excluding carboxylic acids is 3. The number of carbonyl (C=O) groups is 3. The zero-order valence-electron chi connectivity index (χ0n) is 14.0. The van der Waals surface area contributed by atoms with Gasteiger partial charge in [0.25, 0.3) is 11.8 Å². The number of aromatic nitrogens is 3. The van der Waals surface area contributed by atoms with Gasteiger partial charge in [0.05, 0.1) is 17.5 Å². The third kappa shape index (κ3) is 4.21. The minimum absolute atomic E-state index is 0.0725. The summed E-state index contributed by atoms with van der Waals surface area (Å²) in [5.74, 6) is -2.89. The molecule has 1 atom stereocenters. The summed E-state index contributed by atoms with van der Waals surface area (Å²) in [6, 6.07) is 7.35. The fourth-order valence-electron chi connectivity index (χ4n) is 2.47. The predicted octanol–water partition coefficient (Wildman–Crippen LogP) is 0.527. The lowest BCUT2D eigenvalue weighted by Gasteiger charge is -2.15. The molecule has 9 heteroatoms. The lowest BCUT2D eigenvalue weighted by Crippen LogP contribution is -2.47. The van der Waals surface area contributed by atoms with Gasteiger partial charge >= 0.3 is 0 Å². The third-order valence-electron chi connectivity index (χ3n) is 3.77. The zero-order chi connectivity index (χ0) is 19.2. The summed E-state index contributed by atoms with van der Waals surface area (Å²) >= 11 is 0. The summed E-state index contributed by atoms with van der Waals surface area (Å²) in [6.07, 6.45) is 6.07. The molecule has 0 aromatic carbocycles. The van der Waals surface area contributed by atoms with E-state index in [1.54, 1.807) is 48.9 Å². The Labute approximate surface area is 153 Å². The van der Waals surface area contributed by atoms with Crippen molar-refractivity contribution in [2.45, 2.75) is 12.5 Å². The second-order valence-corrected chi connectivity index (χ2v) is 5.60. The van der Waals surface area contributed by atoms with Gasteiger partial charge in [0.15, 0.2) is 0 Å². The molecule has 3 rings (SSSR count). The highest BCUT2D eigenvalue weighted by Crippen LogP contribution is 2.21. The van der Waals surface area contributed by atoms with Crippen LogP contribution in [0.3, 0.4) is 0 Å². The average Bonchev–Trinajstić information content (AvgIpc) is 3.18. The number of Topliss-reactive ketones (excluding diaryl/α,β-unsaturated/α-hetero) is 1. The molecule has 1 unspecified atom stereocenters. The third-order valence-corrected chi connectivity index (χ3v) is 3.77. The summed E-state index contributed by atoms with van der Waals surface area (Å²) < 4.78 is 5.03. The van der Waals surface area contributed by atoms with Crippen molar-refractivity contribution in [3.63, 3.8) is 0 Å². The van der Waals surface area contributed by atoms with Crippen LogP contribution in [0.5, 0.6) is 0 Å². The average molecular weight is 365 g/mol. The van der Waals surface area contributed by atoms with Crippen LogP contribution in [0.4, 0.5) is 0 Å². The van der Waals surface area contributed by atoms with Crippen molar-refractivity contribution in [2.24, 2.45) is 5.73 Å². The molecule has 3 N–H and O–H groups in total. The van der Waals surface area contributed by atoms with E-state index in [4.69, 9.17) is 10.3 Å². The molecular weight excluding hydrogens is 350 g/mol. The Hall–Kier alpha value is -3.88. The number of hydrogen-bond acceptors (Lipinski definition) is 7. The maximum Gasteiger partial charge on any atom is 0.291 e. The fraction of sp³-hybridized carbons (Fsp3) is 0.111. The largest absolute Gasteiger partial charge is 0.363 e. The minimum Gasteiger partial charge on any atom is -0.363 e. The number of rotatable bonds is 7. The molecule has 9 nitrogen and oxygen atoms in total. The van der Waals surface area contributed by atoms with Gasteiger partial charge in [-0.15, -0.1) is 0 Å². The molecule has 0 saturated carbocycles. The Morgan fingerprint density at radius 1 is 1.11 bits per heavy atom. The van der Waals surface area contributed by atoms with Crippen LogP contribution < -0.4 is 11.1 Å². The van der Waals surface area contributed by atoms with E-state index in [0.29, 0.717) is 16.8 Å². The van der Waals surface area contributed by atoms with E-state index in [1.807, 2.05) is 0 Å². The van der Waals surface area contributed by atoms with Crippen molar-refractivity contribution in [3.05, 3.63) is 66.4 Å². The topological polar surface area (TPSA) is 141 Å². The standard InChI is InChI=1S/C18H15N5O4/c19-17(25)15(24)14(9-11-4-7-20-8-5-11)23-18(26)16-12(10-22-27-16)13-3-1-2-6-21-13/h1-8,10,14H,9H2,(H2,19,25)(H,23,26). The zero-order valence-corrected chi connectivity index (χ0v) is 14.0. The molecule has 3 aromatic heterocycles. The van der Waals surface area contributed by atoms with Crippen LogP contribution in [0.15, 0.2) is 59.6 Å². The molecule has 0 bridgehead atoms. The molecule has 0 fully saturated rings. The van der Waals surface area contributed by atoms with Crippen LogP contribution in [-0.2, 0) is 16.0 Å². The van der Waals surface area contributed by atoms with Crippen molar-refractivity contribution in [3.8, 4) is 11.3 Å². The summed E-state index contributed by atoms with van der Waals surface area (Å²) in [6.45, 7) is 0. The van der Waals surface area contributed by atoms with Gasteiger partial charge in [0.1, 0.15) is 6.04 Å². The molecule has 0 aliphatic rings. The summed E-state index contributed by atoms with van der Waals surface area (Å²) in [4.78, 5) is 44.2. The quantitative estimate of drug-likeness (QED) is 0.582. The van der Waals surface area contributed by atoms with Crippen LogP contribution in [-0.4, -0.2) is 38.8 Å². The Bertz CT molecular complexity index is 956. The first-order valence-corrected chi connectivity index (χ1v) is 7.95. The van der Waals surface area contributed by atoms with Crippen molar-refractivity contribution in [1.29, 1.82) is 0 Å². The van der Waals surface area contributed by atoms with Gasteiger partial charge in [0, 0.05) is 25.0 Å². The number of nitrogens with two attached hydrogens (primary N) is 1. The number of nitrogens with one attached hydrogen (secondary N) is 1. The van der Waals surface area contributed by atoms with Gasteiger partial charge in [-0.3, -0.25) is 24.4 Å². The van der Waals surface area contributed by atoms with Crippen molar-refractivity contribution in [1.82, 2.24) is 20.4 Å².